The minimum absolute atomic E-state index is 0.0889. The largest absolute Gasteiger partial charge is 0.456 e. The van der Waals surface area contributed by atoms with Gasteiger partial charge in [-0.25, -0.2) is 4.79 Å². The van der Waals surface area contributed by atoms with Gasteiger partial charge in [0.2, 0.25) is 0 Å². The maximum absolute atomic E-state index is 13.9. The number of alkyl halides is 3. The fourth-order valence-corrected chi connectivity index (χ4v) is 4.00. The number of carbonyl (C=O) groups is 1. The van der Waals surface area contributed by atoms with Crippen LogP contribution in [-0.2, 0) is 17.5 Å². The number of ether oxygens (including phenoxy) is 1. The zero-order valence-corrected chi connectivity index (χ0v) is 18.7. The normalized spacial score (nSPS) is 11.7. The van der Waals surface area contributed by atoms with Crippen LogP contribution in [0, 0.1) is 0 Å². The van der Waals surface area contributed by atoms with Gasteiger partial charge in [0, 0.05) is 26.0 Å². The lowest BCUT2D eigenvalue weighted by Crippen LogP contribution is -2.10. The molecule has 0 unspecified atom stereocenters. The van der Waals surface area contributed by atoms with E-state index in [0.717, 1.165) is 12.1 Å². The molecule has 4 nitrogen and oxygen atoms in total. The van der Waals surface area contributed by atoms with Crippen LogP contribution < -0.4 is 0 Å². The summed E-state index contributed by atoms with van der Waals surface area (Å²) in [7, 11) is 0. The third-order valence-electron chi connectivity index (χ3n) is 4.94. The zero-order chi connectivity index (χ0) is 23.9. The number of nitrogens with zero attached hydrogens (tertiary/aromatic N) is 1. The van der Waals surface area contributed by atoms with Crippen molar-refractivity contribution < 1.29 is 27.9 Å². The minimum atomic E-state index is -4.76. The van der Waals surface area contributed by atoms with E-state index in [0.29, 0.717) is 20.3 Å². The van der Waals surface area contributed by atoms with E-state index in [-0.39, 0.29) is 33.7 Å². The Labute approximate surface area is 200 Å². The Bertz CT molecular complexity index is 1370. The average Bonchev–Trinajstić information content (AvgIpc) is 3.08. The summed E-state index contributed by atoms with van der Waals surface area (Å²) in [6, 6.07) is 14.0. The van der Waals surface area contributed by atoms with Gasteiger partial charge in [0.15, 0.2) is 5.69 Å². The van der Waals surface area contributed by atoms with Crippen molar-refractivity contribution in [3.05, 3.63) is 92.6 Å². The molecule has 0 atom stereocenters. The fourth-order valence-electron chi connectivity index (χ4n) is 3.35. The van der Waals surface area contributed by atoms with E-state index >= 15 is 0 Å². The van der Waals surface area contributed by atoms with E-state index < -0.39 is 23.4 Å². The van der Waals surface area contributed by atoms with E-state index in [1.807, 2.05) is 0 Å². The lowest BCUT2D eigenvalue weighted by atomic mass is 9.99. The maximum atomic E-state index is 13.9. The van der Waals surface area contributed by atoms with E-state index in [4.69, 9.17) is 39.5 Å². The quantitative estimate of drug-likeness (QED) is 0.223. The molecule has 1 N–H and O–H groups in total. The van der Waals surface area contributed by atoms with Gasteiger partial charge in [0.05, 0.1) is 11.1 Å². The molecule has 1 heterocycles. The smallest absolute Gasteiger partial charge is 0.417 e. The lowest BCUT2D eigenvalue weighted by Gasteiger charge is -2.12. The van der Waals surface area contributed by atoms with Crippen molar-refractivity contribution in [1.82, 2.24) is 4.73 Å². The van der Waals surface area contributed by atoms with Gasteiger partial charge < -0.3 is 9.94 Å². The highest BCUT2D eigenvalue weighted by atomic mass is 35.5. The summed E-state index contributed by atoms with van der Waals surface area (Å²) in [5.74, 6) is -0.997. The van der Waals surface area contributed by atoms with Gasteiger partial charge in [-0.1, -0.05) is 53.0 Å². The predicted octanol–water partition coefficient (Wildman–Crippen LogP) is 7.88. The van der Waals surface area contributed by atoms with Crippen molar-refractivity contribution in [2.24, 2.45) is 0 Å². The second-order valence-electron chi connectivity index (χ2n) is 7.12. The summed E-state index contributed by atoms with van der Waals surface area (Å²) in [6.07, 6.45) is -4.76. The standard InChI is InChI=1S/C23H13Cl3F3NO3/c24-14-3-1-12(2-4-14)11-33-22(31)21-10-17-18(23(27,28)29)7-13(8-20(17)30(21)32)16-6-5-15(25)9-19(16)26/h1-10,32H,11H2. The van der Waals surface area contributed by atoms with Crippen LogP contribution >= 0.6 is 34.8 Å². The molecule has 0 aliphatic heterocycles. The molecule has 4 rings (SSSR count). The van der Waals surface area contributed by atoms with E-state index in [2.05, 4.69) is 0 Å². The summed E-state index contributed by atoms with van der Waals surface area (Å²) in [4.78, 5) is 12.5. The van der Waals surface area contributed by atoms with Crippen molar-refractivity contribution in [1.29, 1.82) is 0 Å². The minimum Gasteiger partial charge on any atom is -0.456 e. The Balaban J connectivity index is 1.77. The molecule has 4 aromatic rings. The van der Waals surface area contributed by atoms with Crippen LogP contribution in [0.2, 0.25) is 15.1 Å². The SMILES string of the molecule is O=C(OCc1ccc(Cl)cc1)c1cc2c(C(F)(F)F)cc(-c3ccc(Cl)cc3Cl)cc2n1O. The van der Waals surface area contributed by atoms with Crippen molar-refractivity contribution in [2.45, 2.75) is 12.8 Å². The molecule has 0 bridgehead atoms. The molecule has 1 aromatic heterocycles. The number of esters is 1. The van der Waals surface area contributed by atoms with E-state index in [1.165, 1.54) is 24.3 Å². The van der Waals surface area contributed by atoms with E-state index in [9.17, 15) is 23.2 Å². The first-order valence-corrected chi connectivity index (χ1v) is 10.5. The Hall–Kier alpha value is -2.87. The van der Waals surface area contributed by atoms with Crippen LogP contribution in [0.1, 0.15) is 21.6 Å². The zero-order valence-electron chi connectivity index (χ0n) is 16.5. The summed E-state index contributed by atoms with van der Waals surface area (Å²) in [5.41, 5.74) is -0.745. The molecule has 0 aliphatic rings. The van der Waals surface area contributed by atoms with Gasteiger partial charge in [-0.05, 0) is 53.6 Å². The highest BCUT2D eigenvalue weighted by Gasteiger charge is 2.35. The molecule has 0 spiro atoms. The third kappa shape index (κ3) is 4.76. The van der Waals surface area contributed by atoms with Gasteiger partial charge in [-0.15, -0.1) is 0 Å². The fraction of sp³-hybridized carbons (Fsp3) is 0.0870. The van der Waals surface area contributed by atoms with Crippen LogP contribution in [0.15, 0.2) is 60.7 Å². The van der Waals surface area contributed by atoms with Crippen molar-refractivity contribution >= 4 is 51.7 Å². The Morgan fingerprint density at radius 3 is 2.24 bits per heavy atom. The first-order valence-electron chi connectivity index (χ1n) is 9.37. The number of carbonyl (C=O) groups excluding carboxylic acids is 1. The monoisotopic (exact) mass is 513 g/mol. The Morgan fingerprint density at radius 2 is 1.61 bits per heavy atom. The van der Waals surface area contributed by atoms with Gasteiger partial charge in [-0.2, -0.15) is 17.9 Å². The average molecular weight is 515 g/mol. The van der Waals surface area contributed by atoms with Gasteiger partial charge in [-0.3, -0.25) is 0 Å². The molecule has 0 amide bonds. The summed E-state index contributed by atoms with van der Waals surface area (Å²) in [6.45, 7) is -0.157. The molecule has 10 heteroatoms. The highest BCUT2D eigenvalue weighted by Crippen LogP contribution is 2.41. The molecule has 33 heavy (non-hydrogen) atoms. The number of rotatable bonds is 4. The first kappa shape index (κ1) is 23.3. The number of halogens is 6. The third-order valence-corrected chi connectivity index (χ3v) is 5.74. The van der Waals surface area contributed by atoms with Crippen molar-refractivity contribution in [3.63, 3.8) is 0 Å². The van der Waals surface area contributed by atoms with Gasteiger partial charge in [0.25, 0.3) is 0 Å². The topological polar surface area (TPSA) is 51.5 Å². The highest BCUT2D eigenvalue weighted by molar-refractivity contribution is 6.36. The lowest BCUT2D eigenvalue weighted by molar-refractivity contribution is -0.136. The Kier molecular flexibility index (Phi) is 6.22. The van der Waals surface area contributed by atoms with Gasteiger partial charge in [0.1, 0.15) is 6.61 Å². The molecule has 0 aliphatic carbocycles. The molecule has 0 radical (unpaired) electrons. The van der Waals surface area contributed by atoms with E-state index in [1.54, 1.807) is 24.3 Å². The molecular weight excluding hydrogens is 502 g/mol. The number of fused-ring (bicyclic) bond motifs is 1. The summed E-state index contributed by atoms with van der Waals surface area (Å²) >= 11 is 17.9. The molecule has 3 aromatic carbocycles. The van der Waals surface area contributed by atoms with Crippen LogP contribution in [-0.4, -0.2) is 15.9 Å². The Morgan fingerprint density at radius 1 is 0.939 bits per heavy atom. The van der Waals surface area contributed by atoms with Crippen LogP contribution in [0.5, 0.6) is 0 Å². The number of benzene rings is 3. The maximum Gasteiger partial charge on any atom is 0.417 e. The van der Waals surface area contributed by atoms with Crippen LogP contribution in [0.4, 0.5) is 13.2 Å². The number of aromatic nitrogens is 1. The molecule has 170 valence electrons. The molecule has 0 saturated heterocycles. The van der Waals surface area contributed by atoms with Crippen molar-refractivity contribution in [2.75, 3.05) is 0 Å². The summed E-state index contributed by atoms with van der Waals surface area (Å²) in [5, 5.41) is 11.1. The molecule has 0 saturated carbocycles. The second kappa shape index (κ2) is 8.82. The first-order chi connectivity index (χ1) is 15.5. The molecular formula is C23H13Cl3F3NO3. The predicted molar refractivity (Wildman–Crippen MR) is 120 cm³/mol. The van der Waals surface area contributed by atoms with Gasteiger partial charge >= 0.3 is 12.1 Å². The van der Waals surface area contributed by atoms with Crippen LogP contribution in [0.3, 0.4) is 0 Å². The number of hydrogen-bond donors (Lipinski definition) is 1. The second-order valence-corrected chi connectivity index (χ2v) is 8.40. The van der Waals surface area contributed by atoms with Crippen LogP contribution in [0.25, 0.3) is 22.0 Å². The molecule has 0 fully saturated rings. The number of hydrogen-bond acceptors (Lipinski definition) is 3. The summed E-state index contributed by atoms with van der Waals surface area (Å²) < 4.78 is 47.1. The van der Waals surface area contributed by atoms with Crippen molar-refractivity contribution in [3.8, 4) is 11.1 Å².